The number of amides is 1. The summed E-state index contributed by atoms with van der Waals surface area (Å²) in [6.07, 6.45) is 0.881. The van der Waals surface area contributed by atoms with E-state index in [1.54, 1.807) is 6.07 Å². The van der Waals surface area contributed by atoms with Gasteiger partial charge in [-0.2, -0.15) is 0 Å². The van der Waals surface area contributed by atoms with Crippen molar-refractivity contribution in [3.63, 3.8) is 0 Å². The van der Waals surface area contributed by atoms with E-state index in [9.17, 15) is 13.6 Å². The largest absolute Gasteiger partial charge is 0.374 e. The quantitative estimate of drug-likeness (QED) is 0.792. The number of carbonyl (C=O) groups excluding carboxylic acids is 1. The smallest absolute Gasteiger partial charge is 0.288 e. The Morgan fingerprint density at radius 3 is 2.95 bits per heavy atom. The van der Waals surface area contributed by atoms with Crippen molar-refractivity contribution in [1.29, 1.82) is 0 Å². The van der Waals surface area contributed by atoms with Crippen molar-refractivity contribution in [2.45, 2.75) is 12.3 Å². The van der Waals surface area contributed by atoms with Crippen LogP contribution < -0.4 is 4.90 Å². The standard InChI is InChI=1S/C15H18F2N2O2/c1-18-5-4-11-8-12(2-3-13(11)18)14(20)19-6-7-21-10-15(16,17)9-19/h2-3,8H,4-7,9-10H2,1H3. The molecule has 21 heavy (non-hydrogen) atoms. The van der Waals surface area contributed by atoms with Crippen molar-refractivity contribution < 1.29 is 18.3 Å². The molecule has 1 fully saturated rings. The predicted molar refractivity (Wildman–Crippen MR) is 75.1 cm³/mol. The zero-order chi connectivity index (χ0) is 15.0. The minimum atomic E-state index is -2.98. The third-order valence-corrected chi connectivity index (χ3v) is 3.98. The van der Waals surface area contributed by atoms with Crippen LogP contribution in [0.4, 0.5) is 14.5 Å². The molecule has 2 aliphatic heterocycles. The molecule has 1 aromatic carbocycles. The molecule has 2 aliphatic rings. The molecule has 2 heterocycles. The Bertz CT molecular complexity index is 563. The van der Waals surface area contributed by atoms with E-state index in [2.05, 4.69) is 4.90 Å². The average Bonchev–Trinajstić information content (AvgIpc) is 2.71. The first-order valence-electron chi connectivity index (χ1n) is 7.05. The second kappa shape index (κ2) is 5.26. The van der Waals surface area contributed by atoms with Gasteiger partial charge in [-0.05, 0) is 30.2 Å². The maximum absolute atomic E-state index is 13.5. The minimum Gasteiger partial charge on any atom is -0.374 e. The number of hydrogen-bond donors (Lipinski definition) is 0. The van der Waals surface area contributed by atoms with E-state index >= 15 is 0 Å². The van der Waals surface area contributed by atoms with Gasteiger partial charge in [0.15, 0.2) is 0 Å². The van der Waals surface area contributed by atoms with Gasteiger partial charge in [0.2, 0.25) is 0 Å². The van der Waals surface area contributed by atoms with E-state index in [1.807, 2.05) is 19.2 Å². The van der Waals surface area contributed by atoms with Gasteiger partial charge in [-0.25, -0.2) is 8.78 Å². The van der Waals surface area contributed by atoms with Crippen LogP contribution in [0.15, 0.2) is 18.2 Å². The lowest BCUT2D eigenvalue weighted by Gasteiger charge is -2.23. The summed E-state index contributed by atoms with van der Waals surface area (Å²) in [7, 11) is 2.00. The average molecular weight is 296 g/mol. The molecule has 1 amide bonds. The summed E-state index contributed by atoms with van der Waals surface area (Å²) >= 11 is 0. The van der Waals surface area contributed by atoms with Crippen LogP contribution in [0.5, 0.6) is 0 Å². The number of hydrogen-bond acceptors (Lipinski definition) is 3. The summed E-state index contributed by atoms with van der Waals surface area (Å²) in [5.41, 5.74) is 2.68. The molecule has 0 radical (unpaired) electrons. The topological polar surface area (TPSA) is 32.8 Å². The van der Waals surface area contributed by atoms with Gasteiger partial charge in [-0.15, -0.1) is 0 Å². The van der Waals surface area contributed by atoms with Gasteiger partial charge in [0, 0.05) is 31.4 Å². The maximum atomic E-state index is 13.5. The number of fused-ring (bicyclic) bond motifs is 1. The van der Waals surface area contributed by atoms with Crippen molar-refractivity contribution in [1.82, 2.24) is 4.90 Å². The SMILES string of the molecule is CN1CCc2cc(C(=O)N3CCOCC(F)(F)C3)ccc21. The summed E-state index contributed by atoms with van der Waals surface area (Å²) in [5, 5.41) is 0. The molecule has 114 valence electrons. The fraction of sp³-hybridized carbons (Fsp3) is 0.533. The lowest BCUT2D eigenvalue weighted by Crippen LogP contribution is -2.41. The Labute approximate surface area is 122 Å². The number of rotatable bonds is 1. The second-order valence-electron chi connectivity index (χ2n) is 5.65. The predicted octanol–water partition coefficient (Wildman–Crippen LogP) is 1.79. The van der Waals surface area contributed by atoms with Crippen LogP contribution in [0, 0.1) is 0 Å². The zero-order valence-corrected chi connectivity index (χ0v) is 11.9. The van der Waals surface area contributed by atoms with Gasteiger partial charge in [-0.1, -0.05) is 0 Å². The fourth-order valence-electron chi connectivity index (χ4n) is 2.86. The number of alkyl halides is 2. The van der Waals surface area contributed by atoms with Crippen molar-refractivity contribution in [3.05, 3.63) is 29.3 Å². The van der Waals surface area contributed by atoms with Crippen LogP contribution >= 0.6 is 0 Å². The first-order chi connectivity index (χ1) is 9.96. The van der Waals surface area contributed by atoms with E-state index in [0.717, 1.165) is 24.2 Å². The Morgan fingerprint density at radius 1 is 1.33 bits per heavy atom. The first-order valence-corrected chi connectivity index (χ1v) is 7.05. The third kappa shape index (κ3) is 2.85. The van der Waals surface area contributed by atoms with Gasteiger partial charge in [0.25, 0.3) is 11.8 Å². The molecule has 6 heteroatoms. The minimum absolute atomic E-state index is 0.148. The molecule has 4 nitrogen and oxygen atoms in total. The number of anilines is 1. The van der Waals surface area contributed by atoms with Gasteiger partial charge in [0.1, 0.15) is 6.61 Å². The summed E-state index contributed by atoms with van der Waals surface area (Å²) < 4.78 is 31.9. The number of ether oxygens (including phenoxy) is 1. The molecule has 0 aromatic heterocycles. The summed E-state index contributed by atoms with van der Waals surface area (Å²) in [6.45, 7) is 0.0671. The second-order valence-corrected chi connectivity index (χ2v) is 5.65. The highest BCUT2D eigenvalue weighted by molar-refractivity contribution is 5.95. The van der Waals surface area contributed by atoms with E-state index in [4.69, 9.17) is 4.74 Å². The number of benzene rings is 1. The Hall–Kier alpha value is -1.69. The highest BCUT2D eigenvalue weighted by Gasteiger charge is 2.36. The maximum Gasteiger partial charge on any atom is 0.288 e. The van der Waals surface area contributed by atoms with Crippen LogP contribution in [-0.2, 0) is 11.2 Å². The Balaban J connectivity index is 1.82. The summed E-state index contributed by atoms with van der Waals surface area (Å²) in [6, 6.07) is 5.43. The van der Waals surface area contributed by atoms with E-state index in [1.165, 1.54) is 4.90 Å². The zero-order valence-electron chi connectivity index (χ0n) is 11.9. The lowest BCUT2D eigenvalue weighted by atomic mass is 10.1. The van der Waals surface area contributed by atoms with E-state index in [-0.39, 0.29) is 19.1 Å². The molecular weight excluding hydrogens is 278 g/mol. The van der Waals surface area contributed by atoms with Crippen LogP contribution in [0.3, 0.4) is 0 Å². The van der Waals surface area contributed by atoms with Crippen LogP contribution in [-0.4, -0.2) is 56.6 Å². The molecule has 0 N–H and O–H groups in total. The Morgan fingerprint density at radius 2 is 2.14 bits per heavy atom. The monoisotopic (exact) mass is 296 g/mol. The molecule has 1 aromatic rings. The van der Waals surface area contributed by atoms with Gasteiger partial charge in [0.05, 0.1) is 13.2 Å². The Kier molecular flexibility index (Phi) is 3.57. The van der Waals surface area contributed by atoms with Crippen LogP contribution in [0.2, 0.25) is 0 Å². The summed E-state index contributed by atoms with van der Waals surface area (Å²) in [4.78, 5) is 15.8. The molecule has 3 rings (SSSR count). The highest BCUT2D eigenvalue weighted by atomic mass is 19.3. The third-order valence-electron chi connectivity index (χ3n) is 3.98. The number of nitrogens with zero attached hydrogens (tertiary/aromatic N) is 2. The molecule has 0 unspecified atom stereocenters. The van der Waals surface area contributed by atoms with Gasteiger partial charge < -0.3 is 14.5 Å². The van der Waals surface area contributed by atoms with Gasteiger partial charge >= 0.3 is 0 Å². The van der Waals surface area contributed by atoms with E-state index in [0.29, 0.717) is 5.56 Å². The number of likely N-dealkylation sites (N-methyl/N-ethyl adjacent to an activating group) is 1. The molecule has 0 spiro atoms. The van der Waals surface area contributed by atoms with Crippen molar-refractivity contribution >= 4 is 11.6 Å². The van der Waals surface area contributed by atoms with Crippen LogP contribution in [0.1, 0.15) is 15.9 Å². The number of carbonyl (C=O) groups is 1. The molecule has 0 atom stereocenters. The van der Waals surface area contributed by atoms with Crippen molar-refractivity contribution in [2.24, 2.45) is 0 Å². The molecule has 0 saturated carbocycles. The van der Waals surface area contributed by atoms with Crippen molar-refractivity contribution in [3.8, 4) is 0 Å². The highest BCUT2D eigenvalue weighted by Crippen LogP contribution is 2.28. The normalized spacial score (nSPS) is 21.1. The van der Waals surface area contributed by atoms with Crippen LogP contribution in [0.25, 0.3) is 0 Å². The number of halogens is 2. The fourth-order valence-corrected chi connectivity index (χ4v) is 2.86. The molecule has 1 saturated heterocycles. The molecule has 0 bridgehead atoms. The molecular formula is C15H18F2N2O2. The van der Waals surface area contributed by atoms with Crippen molar-refractivity contribution in [2.75, 3.05) is 44.8 Å². The van der Waals surface area contributed by atoms with Gasteiger partial charge in [-0.3, -0.25) is 4.79 Å². The van der Waals surface area contributed by atoms with E-state index < -0.39 is 19.1 Å². The summed E-state index contributed by atoms with van der Waals surface area (Å²) in [5.74, 6) is -3.33. The first kappa shape index (κ1) is 14.3. The lowest BCUT2D eigenvalue weighted by molar-refractivity contribution is -0.0660. The molecule has 0 aliphatic carbocycles.